The molecule has 4 nitrogen and oxygen atoms in total. The van der Waals surface area contributed by atoms with Crippen LogP contribution in [0.3, 0.4) is 0 Å². The summed E-state index contributed by atoms with van der Waals surface area (Å²) in [6.07, 6.45) is 7.81. The zero-order valence-electron chi connectivity index (χ0n) is 12.6. The van der Waals surface area contributed by atoms with Gasteiger partial charge in [-0.25, -0.2) is 0 Å². The normalized spacial score (nSPS) is 24.8. The maximum atomic E-state index is 4.24. The summed E-state index contributed by atoms with van der Waals surface area (Å²) in [6.45, 7) is 9.27. The van der Waals surface area contributed by atoms with E-state index in [2.05, 4.69) is 35.4 Å². The second kappa shape index (κ2) is 7.06. The summed E-state index contributed by atoms with van der Waals surface area (Å²) in [5, 5.41) is 7.88. The Balaban J connectivity index is 1.79. The number of nitrogens with one attached hydrogen (secondary N) is 1. The van der Waals surface area contributed by atoms with Crippen LogP contribution < -0.4 is 5.32 Å². The molecule has 1 aliphatic rings. The third-order valence-electron chi connectivity index (χ3n) is 4.28. The number of likely N-dealkylation sites (tertiary alicyclic amines) is 1. The highest BCUT2D eigenvalue weighted by atomic mass is 15.2. The summed E-state index contributed by atoms with van der Waals surface area (Å²) in [5.41, 5.74) is 1.35. The molecule has 1 aromatic rings. The lowest BCUT2D eigenvalue weighted by molar-refractivity contribution is 0.137. The summed E-state index contributed by atoms with van der Waals surface area (Å²) in [5.74, 6) is 0.808. The molecule has 1 aromatic heterocycles. The summed E-state index contributed by atoms with van der Waals surface area (Å²) < 4.78 is 1.89. The minimum atomic E-state index is 0.727. The fourth-order valence-corrected chi connectivity index (χ4v) is 3.14. The quantitative estimate of drug-likeness (QED) is 0.848. The summed E-state index contributed by atoms with van der Waals surface area (Å²) >= 11 is 0. The predicted molar refractivity (Wildman–Crippen MR) is 79.2 cm³/mol. The van der Waals surface area contributed by atoms with Crippen molar-refractivity contribution in [1.82, 2.24) is 20.0 Å². The molecule has 2 atom stereocenters. The SMILES string of the molecule is CCNC1CCN(CCc2cnn(C)c2)CC1CC. The van der Waals surface area contributed by atoms with E-state index >= 15 is 0 Å². The maximum absolute atomic E-state index is 4.24. The van der Waals surface area contributed by atoms with Gasteiger partial charge in [0.05, 0.1) is 6.20 Å². The van der Waals surface area contributed by atoms with Gasteiger partial charge in [0, 0.05) is 32.4 Å². The molecule has 1 aliphatic heterocycles. The van der Waals surface area contributed by atoms with Crippen LogP contribution in [0.5, 0.6) is 0 Å². The van der Waals surface area contributed by atoms with Crippen LogP contribution in [0.4, 0.5) is 0 Å². The minimum Gasteiger partial charge on any atom is -0.314 e. The van der Waals surface area contributed by atoms with Gasteiger partial charge in [0.15, 0.2) is 0 Å². The topological polar surface area (TPSA) is 33.1 Å². The molecule has 0 amide bonds. The molecular formula is C15H28N4. The summed E-state index contributed by atoms with van der Waals surface area (Å²) in [4.78, 5) is 2.62. The monoisotopic (exact) mass is 264 g/mol. The van der Waals surface area contributed by atoms with Gasteiger partial charge in [0.25, 0.3) is 0 Å². The van der Waals surface area contributed by atoms with Crippen LogP contribution in [0.25, 0.3) is 0 Å². The van der Waals surface area contributed by atoms with Gasteiger partial charge in [-0.2, -0.15) is 5.10 Å². The smallest absolute Gasteiger partial charge is 0.0522 e. The minimum absolute atomic E-state index is 0.727. The number of aryl methyl sites for hydroxylation is 1. The highest BCUT2D eigenvalue weighted by Crippen LogP contribution is 2.20. The van der Waals surface area contributed by atoms with Crippen LogP contribution in [0.1, 0.15) is 32.3 Å². The van der Waals surface area contributed by atoms with E-state index < -0.39 is 0 Å². The largest absolute Gasteiger partial charge is 0.314 e. The first-order valence-electron chi connectivity index (χ1n) is 7.66. The van der Waals surface area contributed by atoms with Crippen LogP contribution in [0.15, 0.2) is 12.4 Å². The molecule has 1 N–H and O–H groups in total. The van der Waals surface area contributed by atoms with Crippen molar-refractivity contribution in [3.63, 3.8) is 0 Å². The van der Waals surface area contributed by atoms with E-state index in [0.29, 0.717) is 0 Å². The molecular weight excluding hydrogens is 236 g/mol. The van der Waals surface area contributed by atoms with Gasteiger partial charge in [0.1, 0.15) is 0 Å². The molecule has 19 heavy (non-hydrogen) atoms. The van der Waals surface area contributed by atoms with Crippen molar-refractivity contribution >= 4 is 0 Å². The van der Waals surface area contributed by atoms with Crippen molar-refractivity contribution in [2.75, 3.05) is 26.2 Å². The van der Waals surface area contributed by atoms with Crippen molar-refractivity contribution in [3.05, 3.63) is 18.0 Å². The van der Waals surface area contributed by atoms with E-state index in [1.165, 1.54) is 38.0 Å². The Bertz CT molecular complexity index is 374. The second-order valence-corrected chi connectivity index (χ2v) is 5.69. The van der Waals surface area contributed by atoms with Gasteiger partial charge < -0.3 is 10.2 Å². The predicted octanol–water partition coefficient (Wildman–Crippen LogP) is 1.67. The molecule has 0 bridgehead atoms. The average molecular weight is 264 g/mol. The molecule has 1 saturated heterocycles. The van der Waals surface area contributed by atoms with Gasteiger partial charge in [0.2, 0.25) is 0 Å². The van der Waals surface area contributed by atoms with Crippen LogP contribution in [0.2, 0.25) is 0 Å². The van der Waals surface area contributed by atoms with Gasteiger partial charge >= 0.3 is 0 Å². The van der Waals surface area contributed by atoms with E-state index in [0.717, 1.165) is 24.9 Å². The standard InChI is InChI=1S/C15H28N4/c1-4-14-12-19(9-7-15(14)16-5-2)8-6-13-10-17-18(3)11-13/h10-11,14-16H,4-9,12H2,1-3H3. The molecule has 0 radical (unpaired) electrons. The van der Waals surface area contributed by atoms with Crippen molar-refractivity contribution in [2.45, 2.75) is 39.2 Å². The fourth-order valence-electron chi connectivity index (χ4n) is 3.14. The number of piperidine rings is 1. The van der Waals surface area contributed by atoms with Crippen molar-refractivity contribution in [2.24, 2.45) is 13.0 Å². The third-order valence-corrected chi connectivity index (χ3v) is 4.28. The van der Waals surface area contributed by atoms with Crippen LogP contribution in [0, 0.1) is 5.92 Å². The van der Waals surface area contributed by atoms with Gasteiger partial charge in [-0.3, -0.25) is 4.68 Å². The molecule has 2 unspecified atom stereocenters. The number of rotatable bonds is 6. The number of nitrogens with zero attached hydrogens (tertiary/aromatic N) is 3. The van der Waals surface area contributed by atoms with E-state index in [-0.39, 0.29) is 0 Å². The van der Waals surface area contributed by atoms with Crippen LogP contribution >= 0.6 is 0 Å². The van der Waals surface area contributed by atoms with Gasteiger partial charge in [-0.1, -0.05) is 20.3 Å². The number of aromatic nitrogens is 2. The molecule has 0 saturated carbocycles. The maximum Gasteiger partial charge on any atom is 0.0522 e. The first kappa shape index (κ1) is 14.5. The Labute approximate surface area is 117 Å². The van der Waals surface area contributed by atoms with E-state index in [1.54, 1.807) is 0 Å². The molecule has 2 rings (SSSR count). The Hall–Kier alpha value is -0.870. The lowest BCUT2D eigenvalue weighted by Crippen LogP contribution is -2.49. The second-order valence-electron chi connectivity index (χ2n) is 5.69. The molecule has 0 aromatic carbocycles. The molecule has 0 aliphatic carbocycles. The fraction of sp³-hybridized carbons (Fsp3) is 0.800. The summed E-state index contributed by atoms with van der Waals surface area (Å²) in [6, 6.07) is 0.727. The van der Waals surface area contributed by atoms with Gasteiger partial charge in [-0.05, 0) is 37.4 Å². The van der Waals surface area contributed by atoms with Crippen molar-refractivity contribution < 1.29 is 0 Å². The van der Waals surface area contributed by atoms with Gasteiger partial charge in [-0.15, -0.1) is 0 Å². The lowest BCUT2D eigenvalue weighted by atomic mass is 9.89. The Morgan fingerprint density at radius 3 is 2.89 bits per heavy atom. The van der Waals surface area contributed by atoms with Crippen LogP contribution in [-0.2, 0) is 13.5 Å². The van der Waals surface area contributed by atoms with Crippen molar-refractivity contribution in [3.8, 4) is 0 Å². The Morgan fingerprint density at radius 1 is 1.42 bits per heavy atom. The first-order chi connectivity index (χ1) is 9.22. The zero-order valence-corrected chi connectivity index (χ0v) is 12.6. The average Bonchev–Trinajstić information content (AvgIpc) is 2.83. The molecule has 4 heteroatoms. The van der Waals surface area contributed by atoms with E-state index in [9.17, 15) is 0 Å². The molecule has 0 spiro atoms. The third kappa shape index (κ3) is 4.05. The lowest BCUT2D eigenvalue weighted by Gasteiger charge is -2.38. The van der Waals surface area contributed by atoms with E-state index in [1.807, 2.05) is 17.9 Å². The Kier molecular flexibility index (Phi) is 5.40. The van der Waals surface area contributed by atoms with Crippen LogP contribution in [-0.4, -0.2) is 46.9 Å². The number of hydrogen-bond acceptors (Lipinski definition) is 3. The first-order valence-corrected chi connectivity index (χ1v) is 7.66. The molecule has 2 heterocycles. The highest BCUT2D eigenvalue weighted by Gasteiger charge is 2.26. The van der Waals surface area contributed by atoms with Crippen molar-refractivity contribution in [1.29, 1.82) is 0 Å². The number of hydrogen-bond donors (Lipinski definition) is 1. The summed E-state index contributed by atoms with van der Waals surface area (Å²) in [7, 11) is 1.98. The molecule has 1 fully saturated rings. The highest BCUT2D eigenvalue weighted by molar-refractivity contribution is 5.04. The zero-order chi connectivity index (χ0) is 13.7. The molecule has 108 valence electrons. The van der Waals surface area contributed by atoms with E-state index in [4.69, 9.17) is 0 Å². The Morgan fingerprint density at radius 2 is 2.26 bits per heavy atom.